The van der Waals surface area contributed by atoms with Crippen molar-refractivity contribution in [2.75, 3.05) is 19.6 Å². The number of amides is 1. The number of piperidine rings is 1. The van der Waals surface area contributed by atoms with Crippen molar-refractivity contribution in [2.45, 2.75) is 24.2 Å². The van der Waals surface area contributed by atoms with Crippen molar-refractivity contribution in [3.63, 3.8) is 0 Å². The summed E-state index contributed by atoms with van der Waals surface area (Å²) in [5.74, 6) is -0.737. The van der Waals surface area contributed by atoms with Gasteiger partial charge in [0.05, 0.1) is 15.3 Å². The van der Waals surface area contributed by atoms with Gasteiger partial charge in [-0.05, 0) is 37.5 Å². The van der Waals surface area contributed by atoms with Crippen LogP contribution in [-0.2, 0) is 14.8 Å². The summed E-state index contributed by atoms with van der Waals surface area (Å²) < 4.78 is 39.8. The maximum atomic E-state index is 13.2. The van der Waals surface area contributed by atoms with Crippen molar-refractivity contribution in [3.8, 4) is 0 Å². The first-order chi connectivity index (χ1) is 10.3. The van der Waals surface area contributed by atoms with E-state index in [1.807, 2.05) is 0 Å². The quantitative estimate of drug-likeness (QED) is 0.887. The van der Waals surface area contributed by atoms with Crippen LogP contribution in [0.4, 0.5) is 4.39 Å². The maximum Gasteiger partial charge on any atom is 0.243 e. The molecular weight excluding hydrogens is 331 g/mol. The number of carbonyl (C=O) groups is 1. The van der Waals surface area contributed by atoms with Crippen LogP contribution in [0.3, 0.4) is 0 Å². The summed E-state index contributed by atoms with van der Waals surface area (Å²) in [5, 5.41) is 2.58. The second-order valence-corrected chi connectivity index (χ2v) is 8.15. The number of hydrogen-bond donors (Lipinski definition) is 1. The zero-order chi connectivity index (χ0) is 16.0. The zero-order valence-corrected chi connectivity index (χ0v) is 13.4. The molecule has 2 saturated heterocycles. The van der Waals surface area contributed by atoms with E-state index in [1.165, 1.54) is 10.4 Å². The SMILES string of the molecule is O=C1NCCCC12CCN(S(=O)(=O)c1ccc(F)c(Cl)c1)C2. The highest BCUT2D eigenvalue weighted by molar-refractivity contribution is 7.89. The lowest BCUT2D eigenvalue weighted by Gasteiger charge is -2.32. The minimum absolute atomic E-state index is 0.0489. The van der Waals surface area contributed by atoms with Crippen molar-refractivity contribution in [2.24, 2.45) is 5.41 Å². The standard InChI is InChI=1S/C14H16ClFN2O3S/c15-11-8-10(2-3-12(11)16)22(20,21)18-7-5-14(9-18)4-1-6-17-13(14)19/h2-3,8H,1,4-7,9H2,(H,17,19). The number of hydrogen-bond acceptors (Lipinski definition) is 3. The second kappa shape index (κ2) is 5.47. The van der Waals surface area contributed by atoms with Gasteiger partial charge in [-0.25, -0.2) is 12.8 Å². The highest BCUT2D eigenvalue weighted by Crippen LogP contribution is 2.39. The van der Waals surface area contributed by atoms with Crippen LogP contribution in [0.2, 0.25) is 5.02 Å². The number of sulfonamides is 1. The molecule has 1 spiro atoms. The third-order valence-electron chi connectivity index (χ3n) is 4.45. The summed E-state index contributed by atoms with van der Waals surface area (Å²) in [4.78, 5) is 12.1. The summed E-state index contributed by atoms with van der Waals surface area (Å²) >= 11 is 5.67. The minimum Gasteiger partial charge on any atom is -0.356 e. The zero-order valence-electron chi connectivity index (χ0n) is 11.8. The van der Waals surface area contributed by atoms with Gasteiger partial charge in [0.2, 0.25) is 15.9 Å². The van der Waals surface area contributed by atoms with Crippen LogP contribution in [0.25, 0.3) is 0 Å². The summed E-state index contributed by atoms with van der Waals surface area (Å²) in [6.45, 7) is 1.09. The van der Waals surface area contributed by atoms with Crippen LogP contribution in [0.5, 0.6) is 0 Å². The second-order valence-electron chi connectivity index (χ2n) is 5.80. The van der Waals surface area contributed by atoms with E-state index in [9.17, 15) is 17.6 Å². The predicted molar refractivity (Wildman–Crippen MR) is 79.5 cm³/mol. The number of nitrogens with zero attached hydrogens (tertiary/aromatic N) is 1. The highest BCUT2D eigenvalue weighted by Gasteiger charge is 2.48. The lowest BCUT2D eigenvalue weighted by molar-refractivity contribution is -0.132. The first-order valence-electron chi connectivity index (χ1n) is 7.09. The van der Waals surface area contributed by atoms with E-state index in [0.29, 0.717) is 19.4 Å². The molecule has 0 saturated carbocycles. The summed E-state index contributed by atoms with van der Waals surface area (Å²) in [6.07, 6.45) is 2.05. The number of halogens is 2. The van der Waals surface area contributed by atoms with Crippen molar-refractivity contribution >= 4 is 27.5 Å². The Morgan fingerprint density at radius 1 is 1.32 bits per heavy atom. The fraction of sp³-hybridized carbons (Fsp3) is 0.500. The number of carbonyl (C=O) groups excluding carboxylic acids is 1. The van der Waals surface area contributed by atoms with E-state index in [0.717, 1.165) is 18.6 Å². The van der Waals surface area contributed by atoms with E-state index in [-0.39, 0.29) is 28.9 Å². The van der Waals surface area contributed by atoms with Gasteiger partial charge in [0.25, 0.3) is 0 Å². The maximum absolute atomic E-state index is 13.2. The lowest BCUT2D eigenvalue weighted by atomic mass is 9.79. The fourth-order valence-electron chi connectivity index (χ4n) is 3.15. The Labute approximate surface area is 133 Å². The molecule has 0 aliphatic carbocycles. The molecule has 1 N–H and O–H groups in total. The van der Waals surface area contributed by atoms with E-state index < -0.39 is 21.3 Å². The van der Waals surface area contributed by atoms with Gasteiger partial charge in [-0.15, -0.1) is 0 Å². The van der Waals surface area contributed by atoms with Crippen LogP contribution < -0.4 is 5.32 Å². The van der Waals surface area contributed by atoms with E-state index in [1.54, 1.807) is 0 Å². The minimum atomic E-state index is -3.77. The third kappa shape index (κ3) is 2.51. The van der Waals surface area contributed by atoms with Gasteiger partial charge in [-0.1, -0.05) is 11.6 Å². The molecule has 1 unspecified atom stereocenters. The Hall–Kier alpha value is -1.18. The van der Waals surface area contributed by atoms with Gasteiger partial charge in [0, 0.05) is 19.6 Å². The number of rotatable bonds is 2. The van der Waals surface area contributed by atoms with Gasteiger partial charge < -0.3 is 5.32 Å². The molecule has 1 amide bonds. The fourth-order valence-corrected chi connectivity index (χ4v) is 4.94. The molecule has 2 aliphatic heterocycles. The van der Waals surface area contributed by atoms with Gasteiger partial charge >= 0.3 is 0 Å². The molecule has 8 heteroatoms. The Kier molecular flexibility index (Phi) is 3.91. The van der Waals surface area contributed by atoms with Crippen molar-refractivity contribution in [1.29, 1.82) is 0 Å². The lowest BCUT2D eigenvalue weighted by Crippen LogP contribution is -2.47. The average molecular weight is 347 g/mol. The molecule has 0 bridgehead atoms. The molecule has 2 heterocycles. The van der Waals surface area contributed by atoms with Gasteiger partial charge in [0.15, 0.2) is 0 Å². The van der Waals surface area contributed by atoms with Crippen molar-refractivity contribution in [1.82, 2.24) is 9.62 Å². The molecule has 1 aromatic rings. The van der Waals surface area contributed by atoms with E-state index in [4.69, 9.17) is 11.6 Å². The summed E-state index contributed by atoms with van der Waals surface area (Å²) in [7, 11) is -3.77. The van der Waals surface area contributed by atoms with Gasteiger partial charge in [0.1, 0.15) is 5.82 Å². The first-order valence-corrected chi connectivity index (χ1v) is 8.90. The van der Waals surface area contributed by atoms with Crippen molar-refractivity contribution in [3.05, 3.63) is 29.0 Å². The first kappa shape index (κ1) is 15.7. The molecule has 0 radical (unpaired) electrons. The Balaban J connectivity index is 1.88. The molecule has 0 aromatic heterocycles. The third-order valence-corrected chi connectivity index (χ3v) is 6.58. The van der Waals surface area contributed by atoms with Crippen LogP contribution in [0.1, 0.15) is 19.3 Å². The van der Waals surface area contributed by atoms with Gasteiger partial charge in [-0.2, -0.15) is 4.31 Å². The van der Waals surface area contributed by atoms with Crippen LogP contribution in [-0.4, -0.2) is 38.3 Å². The Bertz CT molecular complexity index is 725. The van der Waals surface area contributed by atoms with E-state index in [2.05, 4.69) is 5.32 Å². The molecule has 120 valence electrons. The van der Waals surface area contributed by atoms with Crippen LogP contribution in [0, 0.1) is 11.2 Å². The topological polar surface area (TPSA) is 66.5 Å². The predicted octanol–water partition coefficient (Wildman–Crippen LogP) is 1.77. The molecule has 22 heavy (non-hydrogen) atoms. The normalized spacial score (nSPS) is 26.4. The summed E-state index contributed by atoms with van der Waals surface area (Å²) in [6, 6.07) is 3.34. The number of benzene rings is 1. The molecule has 2 fully saturated rings. The molecule has 1 atom stereocenters. The van der Waals surface area contributed by atoms with E-state index >= 15 is 0 Å². The van der Waals surface area contributed by atoms with Gasteiger partial charge in [-0.3, -0.25) is 4.79 Å². The molecule has 2 aliphatic rings. The number of nitrogens with one attached hydrogen (secondary N) is 1. The average Bonchev–Trinajstić information content (AvgIpc) is 2.91. The molecule has 1 aromatic carbocycles. The highest BCUT2D eigenvalue weighted by atomic mass is 35.5. The largest absolute Gasteiger partial charge is 0.356 e. The van der Waals surface area contributed by atoms with Crippen LogP contribution >= 0.6 is 11.6 Å². The molecule has 5 nitrogen and oxygen atoms in total. The smallest absolute Gasteiger partial charge is 0.243 e. The van der Waals surface area contributed by atoms with Crippen LogP contribution in [0.15, 0.2) is 23.1 Å². The Morgan fingerprint density at radius 3 is 2.77 bits per heavy atom. The van der Waals surface area contributed by atoms with Crippen molar-refractivity contribution < 1.29 is 17.6 Å². The molecule has 3 rings (SSSR count). The Morgan fingerprint density at radius 2 is 2.09 bits per heavy atom. The molecular formula is C14H16ClFN2O3S. The summed E-state index contributed by atoms with van der Waals surface area (Å²) in [5.41, 5.74) is -0.630. The monoisotopic (exact) mass is 346 g/mol.